The molecular weight excluding hydrogens is 503 g/mol. The summed E-state index contributed by atoms with van der Waals surface area (Å²) in [6.45, 7) is 6.24. The van der Waals surface area contributed by atoms with Crippen molar-refractivity contribution in [3.63, 3.8) is 0 Å². The first-order valence-electron chi connectivity index (χ1n) is 14.0. The van der Waals surface area contributed by atoms with Gasteiger partial charge in [0.25, 0.3) is 0 Å². The van der Waals surface area contributed by atoms with Crippen molar-refractivity contribution in [3.8, 4) is 0 Å². The van der Waals surface area contributed by atoms with Gasteiger partial charge in [0.2, 0.25) is 5.91 Å². The normalized spacial score (nSPS) is 24.5. The summed E-state index contributed by atoms with van der Waals surface area (Å²) in [5, 5.41) is 3.79. The molecule has 2 aromatic rings. The Labute approximate surface area is 228 Å². The highest BCUT2D eigenvalue weighted by molar-refractivity contribution is 5.88. The van der Waals surface area contributed by atoms with E-state index in [0.29, 0.717) is 25.0 Å². The van der Waals surface area contributed by atoms with Gasteiger partial charge in [-0.2, -0.15) is 0 Å². The number of nitrogens with one attached hydrogen (secondary N) is 2. The van der Waals surface area contributed by atoms with Crippen LogP contribution >= 0.6 is 0 Å². The molecule has 10 heteroatoms. The minimum Gasteiger partial charge on any atom is -0.453 e. The second kappa shape index (κ2) is 10.7. The van der Waals surface area contributed by atoms with E-state index in [1.165, 1.54) is 19.2 Å². The van der Waals surface area contributed by atoms with Crippen molar-refractivity contribution in [2.24, 2.45) is 5.92 Å². The highest BCUT2D eigenvalue weighted by Crippen LogP contribution is 2.44. The van der Waals surface area contributed by atoms with E-state index in [0.717, 1.165) is 43.1 Å². The maximum absolute atomic E-state index is 14.3. The number of methoxy groups -OCH3 is 1. The average Bonchev–Trinajstić information content (AvgIpc) is 3.60. The molecule has 1 aromatic heterocycles. The SMILES string of the molecule is COC(=O)N1C[C@H](c2c[nH]c3cc(F)ccc23)C2C1CCN2C(=O)C(NC(=O)OC(C)(C)C)C1CCCCC1. The third kappa shape index (κ3) is 5.43. The predicted molar refractivity (Wildman–Crippen MR) is 144 cm³/mol. The van der Waals surface area contributed by atoms with E-state index in [-0.39, 0.29) is 35.6 Å². The Hall–Kier alpha value is -3.30. The summed E-state index contributed by atoms with van der Waals surface area (Å²) >= 11 is 0. The molecule has 3 unspecified atom stereocenters. The summed E-state index contributed by atoms with van der Waals surface area (Å²) < 4.78 is 24.5. The predicted octanol–water partition coefficient (Wildman–Crippen LogP) is 4.92. The number of nitrogens with zero attached hydrogens (tertiary/aromatic N) is 2. The summed E-state index contributed by atoms with van der Waals surface area (Å²) in [6.07, 6.45) is 6.31. The van der Waals surface area contributed by atoms with Gasteiger partial charge in [-0.3, -0.25) is 4.79 Å². The molecule has 5 rings (SSSR count). The molecule has 1 saturated carbocycles. The van der Waals surface area contributed by atoms with Crippen molar-refractivity contribution < 1.29 is 28.2 Å². The number of amides is 3. The zero-order valence-corrected chi connectivity index (χ0v) is 23.2. The zero-order chi connectivity index (χ0) is 27.9. The lowest BCUT2D eigenvalue weighted by molar-refractivity contribution is -0.136. The van der Waals surface area contributed by atoms with Gasteiger partial charge in [0.1, 0.15) is 17.5 Å². The summed E-state index contributed by atoms with van der Waals surface area (Å²) in [4.78, 5) is 46.7. The Kier molecular flexibility index (Phi) is 7.48. The number of carbonyl (C=O) groups is 3. The number of hydrogen-bond donors (Lipinski definition) is 2. The number of H-pyrrole nitrogens is 1. The molecule has 0 radical (unpaired) electrons. The van der Waals surface area contributed by atoms with Crippen LogP contribution in [0.5, 0.6) is 0 Å². The Balaban J connectivity index is 1.48. The molecule has 9 nitrogen and oxygen atoms in total. The van der Waals surface area contributed by atoms with Crippen molar-refractivity contribution in [3.05, 3.63) is 35.8 Å². The Morgan fingerprint density at radius 3 is 2.54 bits per heavy atom. The first-order valence-corrected chi connectivity index (χ1v) is 14.0. The number of halogens is 1. The van der Waals surface area contributed by atoms with Gasteiger partial charge >= 0.3 is 12.2 Å². The standard InChI is InChI=1S/C29H39FN4O5/c1-29(2,3)39-27(36)32-24(17-8-6-5-7-9-17)26(35)33-13-12-23-25(33)21(16-34(23)28(37)38-4)20-15-31-22-14-18(30)10-11-19(20)22/h10-11,14-15,17,21,23-25,31H,5-9,12-13,16H2,1-4H3,(H,32,36)/t21-,23?,24?,25?/m1/s1. The molecule has 0 spiro atoms. The van der Waals surface area contributed by atoms with Crippen molar-refractivity contribution >= 4 is 29.0 Å². The Morgan fingerprint density at radius 1 is 1.10 bits per heavy atom. The summed E-state index contributed by atoms with van der Waals surface area (Å²) in [5.41, 5.74) is 0.913. The number of hydrogen-bond acceptors (Lipinski definition) is 5. The molecule has 3 heterocycles. The quantitative estimate of drug-likeness (QED) is 0.571. The lowest BCUT2D eigenvalue weighted by atomic mass is 9.83. The van der Waals surface area contributed by atoms with E-state index in [1.807, 2.05) is 11.1 Å². The molecule has 2 aliphatic heterocycles. The Morgan fingerprint density at radius 2 is 1.85 bits per heavy atom. The van der Waals surface area contributed by atoms with Gasteiger partial charge in [0.05, 0.1) is 19.2 Å². The van der Waals surface area contributed by atoms with Crippen molar-refractivity contribution in [2.45, 2.75) is 88.9 Å². The smallest absolute Gasteiger partial charge is 0.409 e. The van der Waals surface area contributed by atoms with Crippen molar-refractivity contribution in [2.75, 3.05) is 20.2 Å². The number of rotatable bonds is 4. The fourth-order valence-electron chi connectivity index (χ4n) is 6.84. The van der Waals surface area contributed by atoms with E-state index in [4.69, 9.17) is 9.47 Å². The van der Waals surface area contributed by atoms with Gasteiger partial charge in [0.15, 0.2) is 0 Å². The van der Waals surface area contributed by atoms with E-state index in [9.17, 15) is 18.8 Å². The first kappa shape index (κ1) is 27.3. The molecule has 1 aliphatic carbocycles. The second-order valence-electron chi connectivity index (χ2n) is 12.1. The van der Waals surface area contributed by atoms with Crippen molar-refractivity contribution in [1.29, 1.82) is 0 Å². The lowest BCUT2D eigenvalue weighted by Crippen LogP contribution is -2.55. The van der Waals surface area contributed by atoms with Crippen LogP contribution < -0.4 is 5.32 Å². The average molecular weight is 543 g/mol. The third-order valence-corrected chi connectivity index (χ3v) is 8.45. The van der Waals surface area contributed by atoms with Crippen LogP contribution in [0.25, 0.3) is 10.9 Å². The number of likely N-dealkylation sites (tertiary alicyclic amines) is 2. The zero-order valence-electron chi connectivity index (χ0n) is 23.2. The van der Waals surface area contributed by atoms with Crippen LogP contribution in [0.15, 0.2) is 24.4 Å². The van der Waals surface area contributed by atoms with Gasteiger partial charge in [-0.25, -0.2) is 14.0 Å². The molecule has 39 heavy (non-hydrogen) atoms. The van der Waals surface area contributed by atoms with Gasteiger partial charge in [-0.1, -0.05) is 19.3 Å². The van der Waals surface area contributed by atoms with Crippen LogP contribution in [0.1, 0.15) is 70.8 Å². The molecule has 212 valence electrons. The first-order chi connectivity index (χ1) is 18.6. The number of aromatic amines is 1. The molecule has 2 N–H and O–H groups in total. The molecule has 3 aliphatic rings. The van der Waals surface area contributed by atoms with Gasteiger partial charge < -0.3 is 29.6 Å². The summed E-state index contributed by atoms with van der Waals surface area (Å²) in [5.74, 6) is -0.654. The van der Waals surface area contributed by atoms with Crippen LogP contribution in [-0.2, 0) is 14.3 Å². The van der Waals surface area contributed by atoms with E-state index >= 15 is 0 Å². The number of carbonyl (C=O) groups excluding carboxylic acids is 3. The number of benzene rings is 1. The van der Waals surface area contributed by atoms with Gasteiger partial charge in [0, 0.05) is 36.1 Å². The van der Waals surface area contributed by atoms with Crippen LogP contribution in [0.4, 0.5) is 14.0 Å². The molecule has 4 atom stereocenters. The maximum atomic E-state index is 14.3. The highest BCUT2D eigenvalue weighted by atomic mass is 19.1. The highest BCUT2D eigenvalue weighted by Gasteiger charge is 2.54. The second-order valence-corrected chi connectivity index (χ2v) is 12.1. The topological polar surface area (TPSA) is 104 Å². The van der Waals surface area contributed by atoms with Crippen LogP contribution in [0.2, 0.25) is 0 Å². The Bertz CT molecular complexity index is 1230. The van der Waals surface area contributed by atoms with Gasteiger partial charge in [-0.15, -0.1) is 0 Å². The van der Waals surface area contributed by atoms with Crippen LogP contribution in [0, 0.1) is 11.7 Å². The minimum atomic E-state index is -0.705. The monoisotopic (exact) mass is 542 g/mol. The fourth-order valence-corrected chi connectivity index (χ4v) is 6.84. The van der Waals surface area contributed by atoms with Crippen LogP contribution in [-0.4, -0.2) is 76.8 Å². The maximum Gasteiger partial charge on any atom is 0.409 e. The molecule has 2 saturated heterocycles. The van der Waals surface area contributed by atoms with Gasteiger partial charge in [-0.05, 0) is 69.7 Å². The number of alkyl carbamates (subject to hydrolysis) is 1. The number of ether oxygens (including phenoxy) is 2. The largest absolute Gasteiger partial charge is 0.453 e. The minimum absolute atomic E-state index is 0.0189. The van der Waals surface area contributed by atoms with E-state index in [2.05, 4.69) is 10.3 Å². The number of fused-ring (bicyclic) bond motifs is 2. The summed E-state index contributed by atoms with van der Waals surface area (Å²) in [6, 6.07) is 3.39. The molecule has 1 aromatic carbocycles. The third-order valence-electron chi connectivity index (χ3n) is 8.45. The number of aromatic nitrogens is 1. The molecule has 3 fully saturated rings. The van der Waals surface area contributed by atoms with Crippen LogP contribution in [0.3, 0.4) is 0 Å². The molecule has 0 bridgehead atoms. The lowest BCUT2D eigenvalue weighted by Gasteiger charge is -2.36. The molecule has 3 amide bonds. The fraction of sp³-hybridized carbons (Fsp3) is 0.621. The summed E-state index contributed by atoms with van der Waals surface area (Å²) in [7, 11) is 1.36. The van der Waals surface area contributed by atoms with Crippen molar-refractivity contribution in [1.82, 2.24) is 20.1 Å². The molecular formula is C29H39FN4O5. The van der Waals surface area contributed by atoms with E-state index in [1.54, 1.807) is 31.7 Å². The van der Waals surface area contributed by atoms with E-state index < -0.39 is 23.8 Å².